The molecule has 0 aliphatic carbocycles. The second kappa shape index (κ2) is 6.96. The number of hydrogen-bond acceptors (Lipinski definition) is 1. The lowest BCUT2D eigenvalue weighted by Crippen LogP contribution is -2.35. The smallest absolute Gasteiger partial charge is 0.255 e. The van der Waals surface area contributed by atoms with Crippen LogP contribution in [-0.4, -0.2) is 28.7 Å². The van der Waals surface area contributed by atoms with Gasteiger partial charge in [-0.1, -0.05) is 39.1 Å². The lowest BCUT2D eigenvalue weighted by Gasteiger charge is -2.25. The molecule has 0 radical (unpaired) electrons. The topological polar surface area (TPSA) is 20.3 Å². The van der Waals surface area contributed by atoms with Crippen LogP contribution in [-0.2, 0) is 0 Å². The van der Waals surface area contributed by atoms with E-state index in [1.54, 1.807) is 18.2 Å². The Bertz CT molecular complexity index is 467. The van der Waals surface area contributed by atoms with Crippen LogP contribution in [0, 0.1) is 0 Å². The third kappa shape index (κ3) is 3.65. The lowest BCUT2D eigenvalue weighted by molar-refractivity contribution is 0.0730. The molecule has 1 aromatic carbocycles. The number of rotatable bonds is 4. The summed E-state index contributed by atoms with van der Waals surface area (Å²) in [6.45, 7) is 0.824. The molecule has 1 aromatic rings. The van der Waals surface area contributed by atoms with Gasteiger partial charge in [0.25, 0.3) is 5.91 Å². The number of carbonyl (C=O) groups excluding carboxylic acids is 1. The molecule has 1 aliphatic heterocycles. The number of hydrogen-bond donors (Lipinski definition) is 0. The molecule has 1 heterocycles. The largest absolute Gasteiger partial charge is 0.336 e. The van der Waals surface area contributed by atoms with E-state index in [1.165, 1.54) is 0 Å². The van der Waals surface area contributed by atoms with Crippen molar-refractivity contribution in [2.24, 2.45) is 0 Å². The third-order valence-corrected chi connectivity index (χ3v) is 4.58. The van der Waals surface area contributed by atoms with Gasteiger partial charge in [0.2, 0.25) is 0 Å². The van der Waals surface area contributed by atoms with Gasteiger partial charge in [-0.15, -0.1) is 0 Å². The van der Waals surface area contributed by atoms with Crippen molar-refractivity contribution in [1.29, 1.82) is 0 Å². The van der Waals surface area contributed by atoms with Crippen LogP contribution < -0.4 is 0 Å². The van der Waals surface area contributed by atoms with Crippen molar-refractivity contribution in [2.45, 2.75) is 31.7 Å². The summed E-state index contributed by atoms with van der Waals surface area (Å²) in [5.74, 6) is 0.0266. The fourth-order valence-electron chi connectivity index (χ4n) is 2.53. The Morgan fingerprint density at radius 2 is 2.21 bits per heavy atom. The number of nitrogens with zero attached hydrogens (tertiary/aromatic N) is 1. The molecule has 5 heteroatoms. The van der Waals surface area contributed by atoms with Crippen LogP contribution in [0.5, 0.6) is 0 Å². The van der Waals surface area contributed by atoms with E-state index in [1.807, 2.05) is 4.90 Å². The van der Waals surface area contributed by atoms with E-state index >= 15 is 0 Å². The number of benzene rings is 1. The Morgan fingerprint density at radius 1 is 1.42 bits per heavy atom. The summed E-state index contributed by atoms with van der Waals surface area (Å²) >= 11 is 15.4. The highest BCUT2D eigenvalue weighted by Gasteiger charge is 2.29. The molecule has 19 heavy (non-hydrogen) atoms. The van der Waals surface area contributed by atoms with Crippen molar-refractivity contribution < 1.29 is 4.79 Å². The van der Waals surface area contributed by atoms with E-state index in [2.05, 4.69) is 15.9 Å². The van der Waals surface area contributed by atoms with Gasteiger partial charge in [-0.2, -0.15) is 0 Å². The van der Waals surface area contributed by atoms with Crippen LogP contribution >= 0.6 is 39.1 Å². The third-order valence-electron chi connectivity index (χ3n) is 3.47. The molecule has 1 unspecified atom stereocenters. The average Bonchev–Trinajstić information content (AvgIpc) is 2.83. The lowest BCUT2D eigenvalue weighted by atomic mass is 10.1. The van der Waals surface area contributed by atoms with Gasteiger partial charge in [-0.25, -0.2) is 0 Å². The molecule has 2 rings (SSSR count). The first kappa shape index (κ1) is 15.1. The van der Waals surface area contributed by atoms with Gasteiger partial charge in [0.05, 0.1) is 10.6 Å². The summed E-state index contributed by atoms with van der Waals surface area (Å²) in [5, 5.41) is 1.97. The zero-order valence-electron chi connectivity index (χ0n) is 10.5. The van der Waals surface area contributed by atoms with Crippen LogP contribution in [0.1, 0.15) is 36.0 Å². The molecule has 0 spiro atoms. The van der Waals surface area contributed by atoms with Crippen molar-refractivity contribution >= 4 is 45.0 Å². The maximum absolute atomic E-state index is 12.5. The van der Waals surface area contributed by atoms with Gasteiger partial charge in [0.15, 0.2) is 0 Å². The van der Waals surface area contributed by atoms with Gasteiger partial charge in [-0.05, 0) is 43.9 Å². The van der Waals surface area contributed by atoms with Crippen molar-refractivity contribution in [3.05, 3.63) is 33.8 Å². The van der Waals surface area contributed by atoms with Crippen LogP contribution in [0.3, 0.4) is 0 Å². The van der Waals surface area contributed by atoms with E-state index < -0.39 is 0 Å². The molecular formula is C14H16BrCl2NO. The second-order valence-corrected chi connectivity index (χ2v) is 6.39. The molecule has 1 fully saturated rings. The number of carbonyl (C=O) groups is 1. The maximum atomic E-state index is 12.5. The molecule has 0 saturated carbocycles. The predicted octanol–water partition coefficient (Wildman–Crippen LogP) is 4.77. The van der Waals surface area contributed by atoms with E-state index in [0.717, 1.165) is 37.6 Å². The zero-order chi connectivity index (χ0) is 13.8. The monoisotopic (exact) mass is 363 g/mol. The van der Waals surface area contributed by atoms with Gasteiger partial charge in [-0.3, -0.25) is 4.79 Å². The van der Waals surface area contributed by atoms with Crippen molar-refractivity contribution in [3.63, 3.8) is 0 Å². The SMILES string of the molecule is O=C(c1ccc(Cl)cc1Cl)N1CCCC1CCCBr. The number of amides is 1. The summed E-state index contributed by atoms with van der Waals surface area (Å²) in [6.07, 6.45) is 4.29. The van der Waals surface area contributed by atoms with Gasteiger partial charge >= 0.3 is 0 Å². The quantitative estimate of drug-likeness (QED) is 0.704. The fourth-order valence-corrected chi connectivity index (χ4v) is 3.35. The molecule has 2 nitrogen and oxygen atoms in total. The first-order valence-corrected chi connectivity index (χ1v) is 8.33. The Morgan fingerprint density at radius 3 is 2.89 bits per heavy atom. The highest BCUT2D eigenvalue weighted by molar-refractivity contribution is 9.09. The minimum absolute atomic E-state index is 0.0266. The summed E-state index contributed by atoms with van der Waals surface area (Å²) in [7, 11) is 0. The zero-order valence-corrected chi connectivity index (χ0v) is 13.6. The highest BCUT2D eigenvalue weighted by Crippen LogP contribution is 2.27. The van der Waals surface area contributed by atoms with Crippen molar-refractivity contribution in [1.82, 2.24) is 4.90 Å². The fraction of sp³-hybridized carbons (Fsp3) is 0.500. The first-order chi connectivity index (χ1) is 9.13. The maximum Gasteiger partial charge on any atom is 0.255 e. The van der Waals surface area contributed by atoms with Crippen molar-refractivity contribution in [3.8, 4) is 0 Å². The highest BCUT2D eigenvalue weighted by atomic mass is 79.9. The summed E-state index contributed by atoms with van der Waals surface area (Å²) < 4.78 is 0. The number of halogens is 3. The van der Waals surface area contributed by atoms with Crippen LogP contribution in [0.2, 0.25) is 10.0 Å². The summed E-state index contributed by atoms with van der Waals surface area (Å²) in [5.41, 5.74) is 0.553. The van der Waals surface area contributed by atoms with Crippen LogP contribution in [0.4, 0.5) is 0 Å². The molecule has 0 aromatic heterocycles. The number of likely N-dealkylation sites (tertiary alicyclic amines) is 1. The summed E-state index contributed by atoms with van der Waals surface area (Å²) in [4.78, 5) is 14.5. The molecule has 0 N–H and O–H groups in total. The van der Waals surface area contributed by atoms with Gasteiger partial charge in [0, 0.05) is 22.9 Å². The Kier molecular flexibility index (Phi) is 5.55. The molecule has 1 atom stereocenters. The average molecular weight is 365 g/mol. The van der Waals surface area contributed by atoms with Gasteiger partial charge < -0.3 is 4.90 Å². The molecule has 1 amide bonds. The van der Waals surface area contributed by atoms with Gasteiger partial charge in [0.1, 0.15) is 0 Å². The number of alkyl halides is 1. The Balaban J connectivity index is 2.13. The minimum Gasteiger partial charge on any atom is -0.336 e. The van der Waals surface area contributed by atoms with Crippen LogP contribution in [0.15, 0.2) is 18.2 Å². The Labute approximate surface area is 132 Å². The molecule has 1 saturated heterocycles. The van der Waals surface area contributed by atoms with E-state index in [9.17, 15) is 4.79 Å². The molecule has 0 bridgehead atoms. The predicted molar refractivity (Wildman–Crippen MR) is 83.5 cm³/mol. The van der Waals surface area contributed by atoms with E-state index in [-0.39, 0.29) is 5.91 Å². The minimum atomic E-state index is 0.0266. The molecule has 104 valence electrons. The Hall–Kier alpha value is -0.250. The summed E-state index contributed by atoms with van der Waals surface area (Å²) in [6, 6.07) is 5.40. The van der Waals surface area contributed by atoms with E-state index in [0.29, 0.717) is 21.7 Å². The van der Waals surface area contributed by atoms with Crippen LogP contribution in [0.25, 0.3) is 0 Å². The first-order valence-electron chi connectivity index (χ1n) is 6.45. The molecular weight excluding hydrogens is 349 g/mol. The normalized spacial score (nSPS) is 18.9. The van der Waals surface area contributed by atoms with Crippen molar-refractivity contribution in [2.75, 3.05) is 11.9 Å². The second-order valence-electron chi connectivity index (χ2n) is 4.75. The molecule has 1 aliphatic rings. The standard InChI is InChI=1S/C14H16BrCl2NO/c15-7-1-3-11-4-2-8-18(11)14(19)12-6-5-10(16)9-13(12)17/h5-6,9,11H,1-4,7-8H2. The van der Waals surface area contributed by atoms with E-state index in [4.69, 9.17) is 23.2 Å².